The van der Waals surface area contributed by atoms with E-state index in [2.05, 4.69) is 9.47 Å². The van der Waals surface area contributed by atoms with E-state index >= 15 is 0 Å². The van der Waals surface area contributed by atoms with E-state index in [9.17, 15) is 4.79 Å². The molecule has 0 aliphatic carbocycles. The summed E-state index contributed by atoms with van der Waals surface area (Å²) in [6.07, 6.45) is 0.0450. The smallest absolute Gasteiger partial charge is 0.330 e. The van der Waals surface area contributed by atoms with Gasteiger partial charge in [0, 0.05) is 20.3 Å². The number of hydrogen-bond donors (Lipinski definition) is 2. The Morgan fingerprint density at radius 2 is 2.00 bits per heavy atom. The lowest BCUT2D eigenvalue weighted by atomic mass is 10.4. The minimum Gasteiger partial charge on any atom is -0.478 e. The van der Waals surface area contributed by atoms with Gasteiger partial charge in [0.2, 0.25) is 0 Å². The van der Waals surface area contributed by atoms with Crippen molar-refractivity contribution in [3.05, 3.63) is 11.8 Å². The summed E-state index contributed by atoms with van der Waals surface area (Å²) in [4.78, 5) is 10.1. The van der Waals surface area contributed by atoms with Crippen molar-refractivity contribution in [2.45, 2.75) is 6.29 Å². The number of carboxylic acids is 1. The second-order valence-electron chi connectivity index (χ2n) is 1.79. The molecule has 0 heterocycles. The van der Waals surface area contributed by atoms with Crippen LogP contribution in [0.25, 0.3) is 0 Å². The number of rotatable bonds is 4. The van der Waals surface area contributed by atoms with Gasteiger partial charge >= 0.3 is 5.97 Å². The maximum absolute atomic E-state index is 10.1. The first-order chi connectivity index (χ1) is 5.11. The standard InChI is InChI=1S/C6H11NO4/c1-10-6(11-2)4(7)3-5(8)9/h3,6H,7H2,1-2H3,(H,8,9)/b4-3-. The highest BCUT2D eigenvalue weighted by Gasteiger charge is 2.09. The number of methoxy groups -OCH3 is 2. The molecule has 0 unspecified atom stereocenters. The summed E-state index contributed by atoms with van der Waals surface area (Å²) in [5.74, 6) is -1.12. The van der Waals surface area contributed by atoms with Gasteiger partial charge in [0.15, 0.2) is 6.29 Å². The number of nitrogens with two attached hydrogens (primary N) is 1. The molecule has 0 saturated heterocycles. The second-order valence-corrected chi connectivity index (χ2v) is 1.79. The summed E-state index contributed by atoms with van der Waals surface area (Å²) in [6, 6.07) is 0. The minimum atomic E-state index is -1.12. The molecule has 0 bridgehead atoms. The Morgan fingerprint density at radius 1 is 1.55 bits per heavy atom. The van der Waals surface area contributed by atoms with Crippen LogP contribution in [0.4, 0.5) is 0 Å². The summed E-state index contributed by atoms with van der Waals surface area (Å²) >= 11 is 0. The zero-order chi connectivity index (χ0) is 8.85. The molecule has 5 heteroatoms. The molecule has 0 spiro atoms. The SMILES string of the molecule is COC(OC)/C(N)=C/C(=O)O. The molecule has 0 atom stereocenters. The molecule has 5 nitrogen and oxygen atoms in total. The van der Waals surface area contributed by atoms with Gasteiger partial charge in [-0.3, -0.25) is 0 Å². The number of ether oxygens (including phenoxy) is 2. The van der Waals surface area contributed by atoms with Gasteiger partial charge in [-0.1, -0.05) is 0 Å². The fourth-order valence-electron chi connectivity index (χ4n) is 0.579. The highest BCUT2D eigenvalue weighted by atomic mass is 16.7. The van der Waals surface area contributed by atoms with Crippen LogP contribution in [0.5, 0.6) is 0 Å². The molecular weight excluding hydrogens is 150 g/mol. The number of carboxylic acid groups (broad SMARTS) is 1. The Labute approximate surface area is 64.4 Å². The molecule has 0 radical (unpaired) electrons. The molecule has 0 amide bonds. The predicted octanol–water partition coefficient (Wildman–Crippen LogP) is -0.468. The topological polar surface area (TPSA) is 81.8 Å². The van der Waals surface area contributed by atoms with Crippen LogP contribution in [0.2, 0.25) is 0 Å². The lowest BCUT2D eigenvalue weighted by Gasteiger charge is -2.12. The summed E-state index contributed by atoms with van der Waals surface area (Å²) in [5.41, 5.74) is 5.30. The fourth-order valence-corrected chi connectivity index (χ4v) is 0.579. The third kappa shape index (κ3) is 3.59. The first-order valence-corrected chi connectivity index (χ1v) is 2.87. The van der Waals surface area contributed by atoms with Crippen LogP contribution < -0.4 is 5.73 Å². The van der Waals surface area contributed by atoms with E-state index in [4.69, 9.17) is 10.8 Å². The van der Waals surface area contributed by atoms with E-state index in [0.29, 0.717) is 0 Å². The second kappa shape index (κ2) is 4.70. The van der Waals surface area contributed by atoms with E-state index in [1.54, 1.807) is 0 Å². The Morgan fingerprint density at radius 3 is 2.27 bits per heavy atom. The fraction of sp³-hybridized carbons (Fsp3) is 0.500. The predicted molar refractivity (Wildman–Crippen MR) is 37.7 cm³/mol. The molecular formula is C6H11NO4. The van der Waals surface area contributed by atoms with Crippen LogP contribution in [0.15, 0.2) is 11.8 Å². The molecule has 0 saturated carbocycles. The Balaban J connectivity index is 4.18. The molecule has 0 aromatic rings. The lowest BCUT2D eigenvalue weighted by molar-refractivity contribution is -0.132. The van der Waals surface area contributed by atoms with Crippen LogP contribution in [0, 0.1) is 0 Å². The third-order valence-corrected chi connectivity index (χ3v) is 0.990. The van der Waals surface area contributed by atoms with Crippen molar-refractivity contribution in [1.82, 2.24) is 0 Å². The average Bonchev–Trinajstić information content (AvgIpc) is 1.88. The first kappa shape index (κ1) is 9.93. The highest BCUT2D eigenvalue weighted by molar-refractivity contribution is 5.80. The van der Waals surface area contributed by atoms with Crippen LogP contribution in [-0.2, 0) is 14.3 Å². The zero-order valence-corrected chi connectivity index (χ0v) is 6.40. The zero-order valence-electron chi connectivity index (χ0n) is 6.40. The average molecular weight is 161 g/mol. The van der Waals surface area contributed by atoms with Crippen LogP contribution in [0.1, 0.15) is 0 Å². The molecule has 3 N–H and O–H groups in total. The summed E-state index contributed by atoms with van der Waals surface area (Å²) in [5, 5.41) is 8.26. The molecule has 0 aromatic carbocycles. The van der Waals surface area contributed by atoms with E-state index in [0.717, 1.165) is 6.08 Å². The molecule has 0 rings (SSSR count). The van der Waals surface area contributed by atoms with Crippen molar-refractivity contribution in [3.63, 3.8) is 0 Å². The summed E-state index contributed by atoms with van der Waals surface area (Å²) < 4.78 is 9.37. The Bertz CT molecular complexity index is 162. The first-order valence-electron chi connectivity index (χ1n) is 2.87. The number of hydrogen-bond acceptors (Lipinski definition) is 4. The van der Waals surface area contributed by atoms with Gasteiger partial charge in [0.25, 0.3) is 0 Å². The van der Waals surface area contributed by atoms with E-state index < -0.39 is 12.3 Å². The lowest BCUT2D eigenvalue weighted by Crippen LogP contribution is -2.22. The molecule has 64 valence electrons. The Hall–Kier alpha value is -1.07. The molecule has 0 aliphatic heterocycles. The molecule has 11 heavy (non-hydrogen) atoms. The normalized spacial score (nSPS) is 12.1. The van der Waals surface area contributed by atoms with Gasteiger partial charge < -0.3 is 20.3 Å². The van der Waals surface area contributed by atoms with Gasteiger partial charge in [0.1, 0.15) is 0 Å². The van der Waals surface area contributed by atoms with E-state index in [1.807, 2.05) is 0 Å². The quantitative estimate of drug-likeness (QED) is 0.430. The number of carbonyl (C=O) groups is 1. The van der Waals surface area contributed by atoms with Crippen LogP contribution in [-0.4, -0.2) is 31.6 Å². The van der Waals surface area contributed by atoms with Gasteiger partial charge in [-0.15, -0.1) is 0 Å². The van der Waals surface area contributed by atoms with E-state index in [-0.39, 0.29) is 5.70 Å². The van der Waals surface area contributed by atoms with Crippen molar-refractivity contribution in [1.29, 1.82) is 0 Å². The summed E-state index contributed by atoms with van der Waals surface area (Å²) in [6.45, 7) is 0. The van der Waals surface area contributed by atoms with E-state index in [1.165, 1.54) is 14.2 Å². The van der Waals surface area contributed by atoms with Crippen LogP contribution in [0.3, 0.4) is 0 Å². The molecule has 0 aliphatic rings. The largest absolute Gasteiger partial charge is 0.478 e. The maximum atomic E-state index is 10.1. The van der Waals surface area contributed by atoms with Crippen LogP contribution >= 0.6 is 0 Å². The summed E-state index contributed by atoms with van der Waals surface area (Å²) in [7, 11) is 2.74. The molecule has 0 fully saturated rings. The molecule has 0 aromatic heterocycles. The minimum absolute atomic E-state index is 0.0301. The Kier molecular flexibility index (Phi) is 4.24. The van der Waals surface area contributed by atoms with Gasteiger partial charge in [0.05, 0.1) is 5.70 Å². The van der Waals surface area contributed by atoms with Crippen molar-refractivity contribution >= 4 is 5.97 Å². The monoisotopic (exact) mass is 161 g/mol. The number of aliphatic carboxylic acids is 1. The third-order valence-electron chi connectivity index (χ3n) is 0.990. The van der Waals surface area contributed by atoms with Crippen molar-refractivity contribution in [2.24, 2.45) is 5.73 Å². The van der Waals surface area contributed by atoms with Gasteiger partial charge in [-0.05, 0) is 0 Å². The van der Waals surface area contributed by atoms with Crippen molar-refractivity contribution < 1.29 is 19.4 Å². The maximum Gasteiger partial charge on any atom is 0.330 e. The highest BCUT2D eigenvalue weighted by Crippen LogP contribution is 1.99. The van der Waals surface area contributed by atoms with Crippen molar-refractivity contribution in [2.75, 3.05) is 14.2 Å². The van der Waals surface area contributed by atoms with Gasteiger partial charge in [-0.25, -0.2) is 4.79 Å². The van der Waals surface area contributed by atoms with Crippen molar-refractivity contribution in [3.8, 4) is 0 Å². The van der Waals surface area contributed by atoms with Gasteiger partial charge in [-0.2, -0.15) is 0 Å².